The van der Waals surface area contributed by atoms with Crippen molar-refractivity contribution in [3.05, 3.63) is 64.9 Å². The van der Waals surface area contributed by atoms with Gasteiger partial charge in [0.15, 0.2) is 18.2 Å². The molecule has 0 aliphatic carbocycles. The summed E-state index contributed by atoms with van der Waals surface area (Å²) in [7, 11) is 0. The standard InChI is InChI=1S/C21H24ClFN2O3/c1-3-12-24-21(27)15(2)25(13-16-8-4-5-9-17(16)22)20(26)14-28-19-11-7-6-10-18(19)23/h4-11,15H,3,12-14H2,1-2H3,(H,24,27)/t15-/m0/s1. The first-order chi connectivity index (χ1) is 13.4. The molecular formula is C21H24ClFN2O3. The van der Waals surface area contributed by atoms with Gasteiger partial charge in [0.2, 0.25) is 5.91 Å². The zero-order chi connectivity index (χ0) is 20.5. The number of carbonyl (C=O) groups is 2. The summed E-state index contributed by atoms with van der Waals surface area (Å²) in [4.78, 5) is 26.6. The van der Waals surface area contributed by atoms with E-state index in [1.54, 1.807) is 31.2 Å². The molecule has 28 heavy (non-hydrogen) atoms. The highest BCUT2D eigenvalue weighted by molar-refractivity contribution is 6.31. The molecule has 2 rings (SSSR count). The van der Waals surface area contributed by atoms with Crippen LogP contribution in [0.5, 0.6) is 5.75 Å². The predicted molar refractivity (Wildman–Crippen MR) is 107 cm³/mol. The molecule has 0 aliphatic heterocycles. The van der Waals surface area contributed by atoms with Crippen LogP contribution in [-0.4, -0.2) is 35.9 Å². The van der Waals surface area contributed by atoms with E-state index in [4.69, 9.17) is 16.3 Å². The maximum atomic E-state index is 13.7. The number of nitrogens with one attached hydrogen (secondary N) is 1. The van der Waals surface area contributed by atoms with Gasteiger partial charge in [-0.25, -0.2) is 4.39 Å². The zero-order valence-electron chi connectivity index (χ0n) is 16.0. The summed E-state index contributed by atoms with van der Waals surface area (Å²) in [6.07, 6.45) is 0.785. The number of nitrogens with zero attached hydrogens (tertiary/aromatic N) is 1. The molecule has 0 bridgehead atoms. The van der Waals surface area contributed by atoms with Crippen LogP contribution in [0.3, 0.4) is 0 Å². The Kier molecular flexibility index (Phi) is 8.26. The van der Waals surface area contributed by atoms with Crippen molar-refractivity contribution in [3.8, 4) is 5.75 Å². The maximum absolute atomic E-state index is 13.7. The molecule has 150 valence electrons. The number of ether oxygens (including phenoxy) is 1. The predicted octanol–water partition coefficient (Wildman–Crippen LogP) is 3.80. The lowest BCUT2D eigenvalue weighted by Gasteiger charge is -2.29. The topological polar surface area (TPSA) is 58.6 Å². The number of halogens is 2. The molecule has 0 aliphatic rings. The van der Waals surface area contributed by atoms with Gasteiger partial charge in [0.05, 0.1) is 0 Å². The third-order valence-electron chi connectivity index (χ3n) is 4.20. The number of amides is 2. The summed E-state index contributed by atoms with van der Waals surface area (Å²) >= 11 is 6.22. The Morgan fingerprint density at radius 1 is 1.18 bits per heavy atom. The second-order valence-corrected chi connectivity index (χ2v) is 6.71. The molecule has 0 heterocycles. The van der Waals surface area contributed by atoms with Crippen molar-refractivity contribution in [3.63, 3.8) is 0 Å². The van der Waals surface area contributed by atoms with Crippen LogP contribution in [0.4, 0.5) is 4.39 Å². The SMILES string of the molecule is CCCNC(=O)[C@H](C)N(Cc1ccccc1Cl)C(=O)COc1ccccc1F. The Morgan fingerprint density at radius 3 is 2.54 bits per heavy atom. The molecule has 0 saturated heterocycles. The molecule has 0 radical (unpaired) electrons. The highest BCUT2D eigenvalue weighted by atomic mass is 35.5. The molecule has 0 aromatic heterocycles. The van der Waals surface area contributed by atoms with Crippen LogP contribution < -0.4 is 10.1 Å². The molecule has 0 fully saturated rings. The van der Waals surface area contributed by atoms with Gasteiger partial charge in [-0.1, -0.05) is 48.9 Å². The van der Waals surface area contributed by atoms with Gasteiger partial charge in [-0.15, -0.1) is 0 Å². The summed E-state index contributed by atoms with van der Waals surface area (Å²) in [5.74, 6) is -1.28. The number of rotatable bonds is 9. The quantitative estimate of drug-likeness (QED) is 0.689. The van der Waals surface area contributed by atoms with Crippen molar-refractivity contribution >= 4 is 23.4 Å². The normalized spacial score (nSPS) is 11.6. The minimum atomic E-state index is -0.737. The van der Waals surface area contributed by atoms with Crippen LogP contribution in [0, 0.1) is 5.82 Å². The fourth-order valence-electron chi connectivity index (χ4n) is 2.57. The van der Waals surface area contributed by atoms with Crippen molar-refractivity contribution in [2.75, 3.05) is 13.2 Å². The van der Waals surface area contributed by atoms with Crippen molar-refractivity contribution in [1.29, 1.82) is 0 Å². The molecule has 2 amide bonds. The Balaban J connectivity index is 2.16. The van der Waals surface area contributed by atoms with Crippen molar-refractivity contribution in [1.82, 2.24) is 10.2 Å². The Morgan fingerprint density at radius 2 is 1.86 bits per heavy atom. The summed E-state index contributed by atoms with van der Waals surface area (Å²) in [5, 5.41) is 3.28. The molecule has 0 saturated carbocycles. The number of benzene rings is 2. The number of carbonyl (C=O) groups excluding carboxylic acids is 2. The zero-order valence-corrected chi connectivity index (χ0v) is 16.7. The van der Waals surface area contributed by atoms with E-state index in [1.165, 1.54) is 23.1 Å². The van der Waals surface area contributed by atoms with E-state index < -0.39 is 24.4 Å². The van der Waals surface area contributed by atoms with Crippen LogP contribution in [0.1, 0.15) is 25.8 Å². The lowest BCUT2D eigenvalue weighted by Crippen LogP contribution is -2.49. The number of hydrogen-bond acceptors (Lipinski definition) is 3. The van der Waals surface area contributed by atoms with E-state index in [9.17, 15) is 14.0 Å². The van der Waals surface area contributed by atoms with E-state index in [-0.39, 0.29) is 18.2 Å². The van der Waals surface area contributed by atoms with Gasteiger partial charge in [0.1, 0.15) is 6.04 Å². The van der Waals surface area contributed by atoms with Crippen LogP contribution in [0.15, 0.2) is 48.5 Å². The molecule has 2 aromatic carbocycles. The number of hydrogen-bond donors (Lipinski definition) is 1. The van der Waals surface area contributed by atoms with Crippen LogP contribution in [0.25, 0.3) is 0 Å². The van der Waals surface area contributed by atoms with Gasteiger partial charge in [-0.3, -0.25) is 9.59 Å². The third kappa shape index (κ3) is 5.96. The minimum Gasteiger partial charge on any atom is -0.481 e. The summed E-state index contributed by atoms with van der Waals surface area (Å²) < 4.78 is 19.1. The molecule has 1 atom stereocenters. The second-order valence-electron chi connectivity index (χ2n) is 6.30. The summed E-state index contributed by atoms with van der Waals surface area (Å²) in [6, 6.07) is 12.2. The molecule has 0 spiro atoms. The monoisotopic (exact) mass is 406 g/mol. The summed E-state index contributed by atoms with van der Waals surface area (Å²) in [6.45, 7) is 3.85. The van der Waals surface area contributed by atoms with E-state index >= 15 is 0 Å². The Labute approximate surface area is 169 Å². The smallest absolute Gasteiger partial charge is 0.261 e. The van der Waals surface area contributed by atoms with E-state index in [0.717, 1.165) is 6.42 Å². The lowest BCUT2D eigenvalue weighted by molar-refractivity contribution is -0.142. The minimum absolute atomic E-state index is 0.0170. The fourth-order valence-corrected chi connectivity index (χ4v) is 2.77. The average Bonchev–Trinajstić information content (AvgIpc) is 2.70. The second kappa shape index (κ2) is 10.7. The van der Waals surface area contributed by atoms with Gasteiger partial charge in [-0.2, -0.15) is 0 Å². The van der Waals surface area contributed by atoms with Crippen molar-refractivity contribution < 1.29 is 18.7 Å². The third-order valence-corrected chi connectivity index (χ3v) is 4.57. The average molecular weight is 407 g/mol. The Hall–Kier alpha value is -2.60. The molecule has 5 nitrogen and oxygen atoms in total. The van der Waals surface area contributed by atoms with E-state index in [0.29, 0.717) is 17.1 Å². The highest BCUT2D eigenvalue weighted by Gasteiger charge is 2.27. The molecular weight excluding hydrogens is 383 g/mol. The molecule has 1 N–H and O–H groups in total. The van der Waals surface area contributed by atoms with Gasteiger partial charge in [0.25, 0.3) is 5.91 Å². The highest BCUT2D eigenvalue weighted by Crippen LogP contribution is 2.20. The lowest BCUT2D eigenvalue weighted by atomic mass is 10.1. The van der Waals surface area contributed by atoms with E-state index in [1.807, 2.05) is 13.0 Å². The first kappa shape index (κ1) is 21.7. The molecule has 2 aromatic rings. The van der Waals surface area contributed by atoms with Gasteiger partial charge >= 0.3 is 0 Å². The fraction of sp³-hybridized carbons (Fsp3) is 0.333. The van der Waals surface area contributed by atoms with Gasteiger partial charge in [-0.05, 0) is 37.1 Å². The van der Waals surface area contributed by atoms with Crippen LogP contribution >= 0.6 is 11.6 Å². The maximum Gasteiger partial charge on any atom is 0.261 e. The van der Waals surface area contributed by atoms with Crippen molar-refractivity contribution in [2.45, 2.75) is 32.9 Å². The summed E-state index contributed by atoms with van der Waals surface area (Å²) in [5.41, 5.74) is 0.707. The van der Waals surface area contributed by atoms with Crippen LogP contribution in [-0.2, 0) is 16.1 Å². The molecule has 7 heteroatoms. The van der Waals surface area contributed by atoms with E-state index in [2.05, 4.69) is 5.32 Å². The Bertz CT molecular complexity index is 816. The first-order valence-corrected chi connectivity index (χ1v) is 9.49. The van der Waals surface area contributed by atoms with Gasteiger partial charge < -0.3 is 15.0 Å². The number of para-hydroxylation sites is 1. The van der Waals surface area contributed by atoms with Gasteiger partial charge in [0, 0.05) is 18.1 Å². The first-order valence-electron chi connectivity index (χ1n) is 9.12. The van der Waals surface area contributed by atoms with Crippen molar-refractivity contribution in [2.24, 2.45) is 0 Å². The largest absolute Gasteiger partial charge is 0.481 e. The molecule has 0 unspecified atom stereocenters. The van der Waals surface area contributed by atoms with Crippen LogP contribution in [0.2, 0.25) is 5.02 Å².